The zero-order valence-electron chi connectivity index (χ0n) is 24.3. The largest absolute Gasteiger partial charge is 0.491 e. The van der Waals surface area contributed by atoms with Gasteiger partial charge in [0.1, 0.15) is 5.75 Å². The van der Waals surface area contributed by atoms with Crippen molar-refractivity contribution in [2.45, 2.75) is 58.1 Å². The zero-order chi connectivity index (χ0) is 30.0. The number of methoxy groups -OCH3 is 1. The van der Waals surface area contributed by atoms with Crippen molar-refractivity contribution in [3.05, 3.63) is 69.8 Å². The molecule has 5 atom stereocenters. The number of nitrogens with two attached hydrogens (primary N) is 1. The van der Waals surface area contributed by atoms with Crippen LogP contribution in [0.5, 0.6) is 5.75 Å². The molecule has 3 aliphatic rings. The predicted octanol–water partition coefficient (Wildman–Crippen LogP) is 5.67. The molecule has 0 saturated heterocycles. The van der Waals surface area contributed by atoms with E-state index in [2.05, 4.69) is 17.0 Å². The van der Waals surface area contributed by atoms with Gasteiger partial charge in [0.2, 0.25) is 10.0 Å². The Morgan fingerprint density at radius 3 is 2.64 bits per heavy atom. The van der Waals surface area contributed by atoms with Crippen LogP contribution in [0.4, 0.5) is 5.69 Å². The lowest BCUT2D eigenvalue weighted by atomic mass is 9.65. The number of aromatic carboxylic acids is 1. The van der Waals surface area contributed by atoms with Crippen LogP contribution < -0.4 is 14.8 Å². The molecule has 0 bridgehead atoms. The third-order valence-electron chi connectivity index (χ3n) is 9.24. The lowest BCUT2D eigenvalue weighted by molar-refractivity contribution is -0.000122. The number of allylic oxidation sites excluding steroid dienone is 1. The Labute approximate surface area is 253 Å². The number of ether oxygens (including phenoxy) is 2. The number of rotatable bonds is 9. The molecule has 1 saturated carbocycles. The maximum atomic E-state index is 12.0. The summed E-state index contributed by atoms with van der Waals surface area (Å²) < 4.78 is 35.4. The standard InChI is InChI=1S/C32H41ClN2O6S/c1-20(19-42(34,38)39)25-13-26(14-25)31(40-2)28-10-7-24(28)18-35-17-23-6-9-27(33)15-21(23)5-3-4-12-41-30-11-8-22(32(36)37)16-29(30)35/h6,8-9,11,13,15-16,20,24-25,28,31H,3-5,7,10,12,14,17-19H2,1-2H3,(H,36,37)(H2,34,38,39)/t20-,24+,25?,28-,31+/m1/s1. The summed E-state index contributed by atoms with van der Waals surface area (Å²) in [5, 5.41) is 15.8. The molecule has 10 heteroatoms. The second kappa shape index (κ2) is 13.0. The molecule has 228 valence electrons. The predicted molar refractivity (Wildman–Crippen MR) is 165 cm³/mol. The molecule has 3 N–H and O–H groups in total. The first-order valence-electron chi connectivity index (χ1n) is 14.8. The molecule has 0 radical (unpaired) electrons. The van der Waals surface area contributed by atoms with Crippen molar-refractivity contribution in [1.82, 2.24) is 0 Å². The van der Waals surface area contributed by atoms with Crippen molar-refractivity contribution in [2.24, 2.45) is 28.8 Å². The van der Waals surface area contributed by atoms with Gasteiger partial charge in [-0.3, -0.25) is 0 Å². The minimum absolute atomic E-state index is 0.0212. The topological polar surface area (TPSA) is 119 Å². The summed E-state index contributed by atoms with van der Waals surface area (Å²) in [5.74, 6) is 0.498. The highest BCUT2D eigenvalue weighted by Gasteiger charge is 2.42. The Morgan fingerprint density at radius 2 is 1.98 bits per heavy atom. The number of primary sulfonamides is 1. The van der Waals surface area contributed by atoms with Gasteiger partial charge in [-0.1, -0.05) is 30.7 Å². The third-order valence-corrected chi connectivity index (χ3v) is 10.5. The van der Waals surface area contributed by atoms with E-state index in [-0.39, 0.29) is 29.3 Å². The van der Waals surface area contributed by atoms with Crippen LogP contribution in [0.3, 0.4) is 0 Å². The van der Waals surface area contributed by atoms with Gasteiger partial charge in [0, 0.05) is 25.2 Å². The molecular formula is C32H41ClN2O6S. The van der Waals surface area contributed by atoms with Crippen LogP contribution in [0.15, 0.2) is 48.0 Å². The van der Waals surface area contributed by atoms with E-state index in [0.29, 0.717) is 35.8 Å². The van der Waals surface area contributed by atoms with Gasteiger partial charge in [-0.25, -0.2) is 18.4 Å². The molecule has 2 aliphatic carbocycles. The minimum atomic E-state index is -3.51. The normalized spacial score (nSPS) is 24.0. The molecule has 0 amide bonds. The van der Waals surface area contributed by atoms with Crippen LogP contribution in [-0.4, -0.2) is 51.6 Å². The van der Waals surface area contributed by atoms with Crippen LogP contribution in [-0.2, 0) is 27.7 Å². The number of anilines is 1. The SMILES string of the molecule is CO[C@@H](C1=CC([C@H](C)CS(N)(=O)=O)C1)[C@@H]1CC[C@H]1CN1Cc2ccc(Cl)cc2CCCCOc2ccc(C(=O)O)cc21. The molecule has 1 heterocycles. The van der Waals surface area contributed by atoms with E-state index in [9.17, 15) is 18.3 Å². The zero-order valence-corrected chi connectivity index (χ0v) is 25.9. The van der Waals surface area contributed by atoms with E-state index in [4.69, 9.17) is 26.2 Å². The van der Waals surface area contributed by atoms with Crippen LogP contribution in [0.25, 0.3) is 0 Å². The van der Waals surface area contributed by atoms with Crippen molar-refractivity contribution < 1.29 is 27.8 Å². The Morgan fingerprint density at radius 1 is 1.19 bits per heavy atom. The molecule has 5 rings (SSSR count). The molecule has 1 aliphatic heterocycles. The number of nitrogens with zero attached hydrogens (tertiary/aromatic N) is 1. The first-order valence-corrected chi connectivity index (χ1v) is 16.9. The molecule has 8 nitrogen and oxygen atoms in total. The van der Waals surface area contributed by atoms with E-state index in [0.717, 1.165) is 50.8 Å². The van der Waals surface area contributed by atoms with E-state index in [1.807, 2.05) is 19.1 Å². The highest BCUT2D eigenvalue weighted by atomic mass is 35.5. The molecule has 0 aromatic heterocycles. The summed E-state index contributed by atoms with van der Waals surface area (Å²) in [6.07, 6.45) is 7.81. The van der Waals surface area contributed by atoms with Crippen LogP contribution in [0.2, 0.25) is 5.02 Å². The van der Waals surface area contributed by atoms with Gasteiger partial charge < -0.3 is 19.5 Å². The number of hydrogen-bond acceptors (Lipinski definition) is 6. The van der Waals surface area contributed by atoms with E-state index in [1.54, 1.807) is 25.3 Å². The fourth-order valence-corrected chi connectivity index (χ4v) is 7.91. The van der Waals surface area contributed by atoms with Crippen molar-refractivity contribution >= 4 is 33.3 Å². The highest BCUT2D eigenvalue weighted by molar-refractivity contribution is 7.89. The summed E-state index contributed by atoms with van der Waals surface area (Å²) in [6.45, 7) is 3.83. The number of hydrogen-bond donors (Lipinski definition) is 2. The summed E-state index contributed by atoms with van der Waals surface area (Å²) in [7, 11) is -1.76. The Bertz CT molecular complexity index is 1440. The molecule has 2 aromatic carbocycles. The van der Waals surface area contributed by atoms with Crippen LogP contribution in [0.1, 0.15) is 60.5 Å². The Kier molecular flexibility index (Phi) is 9.52. The minimum Gasteiger partial charge on any atom is -0.491 e. The lowest BCUT2D eigenvalue weighted by Gasteiger charge is -2.47. The lowest BCUT2D eigenvalue weighted by Crippen LogP contribution is -2.46. The molecule has 2 aromatic rings. The second-order valence-corrected chi connectivity index (χ2v) is 14.3. The smallest absolute Gasteiger partial charge is 0.335 e. The maximum Gasteiger partial charge on any atom is 0.335 e. The number of benzene rings is 2. The molecule has 42 heavy (non-hydrogen) atoms. The molecule has 0 spiro atoms. The number of carboxylic acids is 1. The van der Waals surface area contributed by atoms with E-state index >= 15 is 0 Å². The molecule has 1 fully saturated rings. The summed E-state index contributed by atoms with van der Waals surface area (Å²) in [6, 6.07) is 11.2. The van der Waals surface area contributed by atoms with Gasteiger partial charge in [-0.2, -0.15) is 0 Å². The van der Waals surface area contributed by atoms with Gasteiger partial charge in [-0.15, -0.1) is 0 Å². The van der Waals surface area contributed by atoms with Gasteiger partial charge in [0.25, 0.3) is 0 Å². The maximum absolute atomic E-state index is 12.0. The monoisotopic (exact) mass is 616 g/mol. The van der Waals surface area contributed by atoms with Gasteiger partial charge >= 0.3 is 5.97 Å². The van der Waals surface area contributed by atoms with Gasteiger partial charge in [-0.05, 0) is 109 Å². The first-order chi connectivity index (χ1) is 20.0. The number of sulfonamides is 1. The summed E-state index contributed by atoms with van der Waals surface area (Å²) >= 11 is 6.39. The molecule has 1 unspecified atom stereocenters. The number of carboxylic acid groups (broad SMARTS) is 1. The Hall–Kier alpha value is -2.59. The van der Waals surface area contributed by atoms with Crippen molar-refractivity contribution in [2.75, 3.05) is 30.9 Å². The van der Waals surface area contributed by atoms with Gasteiger partial charge in [0.15, 0.2) is 0 Å². The summed E-state index contributed by atoms with van der Waals surface area (Å²) in [5.41, 5.74) is 4.64. The van der Waals surface area contributed by atoms with E-state index in [1.165, 1.54) is 16.7 Å². The molecular weight excluding hydrogens is 576 g/mol. The quantitative estimate of drug-likeness (QED) is 0.348. The first kappa shape index (κ1) is 30.9. The van der Waals surface area contributed by atoms with Crippen LogP contribution in [0, 0.1) is 23.7 Å². The van der Waals surface area contributed by atoms with E-state index < -0.39 is 16.0 Å². The number of fused-ring (bicyclic) bond motifs is 2. The highest BCUT2D eigenvalue weighted by Crippen LogP contribution is 2.46. The average molecular weight is 617 g/mol. The van der Waals surface area contributed by atoms with Gasteiger partial charge in [0.05, 0.1) is 29.7 Å². The van der Waals surface area contributed by atoms with Crippen molar-refractivity contribution in [1.29, 1.82) is 0 Å². The average Bonchev–Trinajstić information content (AvgIpc) is 2.91. The number of halogens is 1. The van der Waals surface area contributed by atoms with Crippen molar-refractivity contribution in [3.63, 3.8) is 0 Å². The second-order valence-electron chi connectivity index (χ2n) is 12.2. The number of aryl methyl sites for hydroxylation is 1. The fraction of sp³-hybridized carbons (Fsp3) is 0.531. The summed E-state index contributed by atoms with van der Waals surface area (Å²) in [4.78, 5) is 14.2. The van der Waals surface area contributed by atoms with Crippen LogP contribution >= 0.6 is 11.6 Å². The van der Waals surface area contributed by atoms with Crippen molar-refractivity contribution in [3.8, 4) is 5.75 Å². The fourth-order valence-electron chi connectivity index (χ4n) is 6.74. The Balaban J connectivity index is 1.41. The number of carbonyl (C=O) groups is 1. The third kappa shape index (κ3) is 7.13.